The minimum Gasteiger partial charge on any atom is -0.366 e. The number of aromatic nitrogens is 1. The Morgan fingerprint density at radius 1 is 1.47 bits per heavy atom. The standard InChI is InChI=1S/C13H22N4O2/c1-8(2)5-13(3,7-14)17-12(19)10-4-9(6-16-10)11(15)18/h4,6,8,16H,5,7,14H2,1-3H3,(H2,15,18)(H,17,19). The zero-order chi connectivity index (χ0) is 14.6. The molecule has 1 aromatic rings. The molecule has 2 amide bonds. The third-order valence-corrected chi connectivity index (χ3v) is 2.94. The van der Waals surface area contributed by atoms with Gasteiger partial charge in [0.25, 0.3) is 5.91 Å². The molecular weight excluding hydrogens is 244 g/mol. The average Bonchev–Trinajstić information content (AvgIpc) is 2.77. The van der Waals surface area contributed by atoms with Crippen LogP contribution in [-0.4, -0.2) is 28.9 Å². The number of H-pyrrole nitrogens is 1. The predicted molar refractivity (Wildman–Crippen MR) is 73.7 cm³/mol. The van der Waals surface area contributed by atoms with E-state index in [1.165, 1.54) is 12.3 Å². The van der Waals surface area contributed by atoms with E-state index in [4.69, 9.17) is 11.5 Å². The molecule has 106 valence electrons. The van der Waals surface area contributed by atoms with Gasteiger partial charge >= 0.3 is 0 Å². The van der Waals surface area contributed by atoms with E-state index in [9.17, 15) is 9.59 Å². The van der Waals surface area contributed by atoms with E-state index in [2.05, 4.69) is 24.1 Å². The van der Waals surface area contributed by atoms with Gasteiger partial charge in [0.2, 0.25) is 5.91 Å². The molecule has 0 aromatic carbocycles. The smallest absolute Gasteiger partial charge is 0.268 e. The van der Waals surface area contributed by atoms with Crippen molar-refractivity contribution >= 4 is 11.8 Å². The summed E-state index contributed by atoms with van der Waals surface area (Å²) in [5.74, 6) is -0.446. The highest BCUT2D eigenvalue weighted by atomic mass is 16.2. The first kappa shape index (κ1) is 15.2. The molecule has 0 aliphatic heterocycles. The van der Waals surface area contributed by atoms with Crippen molar-refractivity contribution in [1.29, 1.82) is 0 Å². The highest BCUT2D eigenvalue weighted by molar-refractivity contribution is 5.98. The summed E-state index contributed by atoms with van der Waals surface area (Å²) in [6, 6.07) is 1.43. The lowest BCUT2D eigenvalue weighted by atomic mass is 9.90. The Kier molecular flexibility index (Phi) is 4.72. The Bertz CT molecular complexity index is 467. The predicted octanol–water partition coefficient (Wildman–Crippen LogP) is 0.607. The molecule has 1 unspecified atom stereocenters. The van der Waals surface area contributed by atoms with Crippen LogP contribution in [0.15, 0.2) is 12.3 Å². The van der Waals surface area contributed by atoms with Gasteiger partial charge in [0.05, 0.1) is 11.1 Å². The number of hydrogen-bond acceptors (Lipinski definition) is 3. The topological polar surface area (TPSA) is 114 Å². The normalized spacial score (nSPS) is 14.2. The van der Waals surface area contributed by atoms with Crippen molar-refractivity contribution < 1.29 is 9.59 Å². The number of primary amides is 1. The van der Waals surface area contributed by atoms with Gasteiger partial charge in [-0.2, -0.15) is 0 Å². The minimum absolute atomic E-state index is 0.281. The lowest BCUT2D eigenvalue weighted by Crippen LogP contribution is -2.52. The van der Waals surface area contributed by atoms with Gasteiger partial charge in [-0.15, -0.1) is 0 Å². The van der Waals surface area contributed by atoms with Crippen molar-refractivity contribution in [2.24, 2.45) is 17.4 Å². The van der Waals surface area contributed by atoms with Gasteiger partial charge in [0.15, 0.2) is 0 Å². The fraction of sp³-hybridized carbons (Fsp3) is 0.538. The molecule has 1 rings (SSSR count). The summed E-state index contributed by atoms with van der Waals surface area (Å²) < 4.78 is 0. The molecule has 1 aromatic heterocycles. The van der Waals surface area contributed by atoms with Gasteiger partial charge in [-0.3, -0.25) is 9.59 Å². The van der Waals surface area contributed by atoms with Crippen molar-refractivity contribution in [2.45, 2.75) is 32.7 Å². The summed E-state index contributed by atoms with van der Waals surface area (Å²) in [7, 11) is 0. The number of nitrogens with two attached hydrogens (primary N) is 2. The molecule has 0 saturated heterocycles. The van der Waals surface area contributed by atoms with E-state index >= 15 is 0 Å². The molecule has 1 heterocycles. The molecule has 1 atom stereocenters. The lowest BCUT2D eigenvalue weighted by Gasteiger charge is -2.31. The minimum atomic E-state index is -0.570. The van der Waals surface area contributed by atoms with E-state index < -0.39 is 11.4 Å². The third-order valence-electron chi connectivity index (χ3n) is 2.94. The number of rotatable bonds is 6. The first-order chi connectivity index (χ1) is 8.77. The second-order valence-corrected chi connectivity index (χ2v) is 5.48. The largest absolute Gasteiger partial charge is 0.366 e. The molecular formula is C13H22N4O2. The molecule has 0 aliphatic rings. The van der Waals surface area contributed by atoms with Gasteiger partial charge in [0.1, 0.15) is 5.69 Å². The van der Waals surface area contributed by atoms with Crippen molar-refractivity contribution in [3.8, 4) is 0 Å². The van der Waals surface area contributed by atoms with E-state index in [0.29, 0.717) is 18.2 Å². The molecule has 0 fully saturated rings. The van der Waals surface area contributed by atoms with E-state index in [0.717, 1.165) is 6.42 Å². The van der Waals surface area contributed by atoms with Gasteiger partial charge in [-0.1, -0.05) is 13.8 Å². The Balaban J connectivity index is 2.79. The molecule has 0 bridgehead atoms. The number of hydrogen-bond donors (Lipinski definition) is 4. The van der Waals surface area contributed by atoms with Crippen LogP contribution >= 0.6 is 0 Å². The lowest BCUT2D eigenvalue weighted by molar-refractivity contribution is 0.0893. The number of carbonyl (C=O) groups is 2. The van der Waals surface area contributed by atoms with Crippen LogP contribution in [0.4, 0.5) is 0 Å². The maximum atomic E-state index is 12.1. The number of amides is 2. The fourth-order valence-corrected chi connectivity index (χ4v) is 2.10. The zero-order valence-electron chi connectivity index (χ0n) is 11.6. The van der Waals surface area contributed by atoms with Crippen LogP contribution in [0.1, 0.15) is 48.0 Å². The zero-order valence-corrected chi connectivity index (χ0v) is 11.6. The first-order valence-electron chi connectivity index (χ1n) is 6.28. The first-order valence-corrected chi connectivity index (χ1v) is 6.28. The van der Waals surface area contributed by atoms with Gasteiger partial charge in [0, 0.05) is 12.7 Å². The summed E-state index contributed by atoms with van der Waals surface area (Å²) in [5.41, 5.74) is 11.0. The van der Waals surface area contributed by atoms with Crippen molar-refractivity contribution in [1.82, 2.24) is 10.3 Å². The second kappa shape index (κ2) is 5.88. The Hall–Kier alpha value is -1.82. The van der Waals surface area contributed by atoms with E-state index in [1.807, 2.05) is 6.92 Å². The van der Waals surface area contributed by atoms with Crippen LogP contribution in [0, 0.1) is 5.92 Å². The van der Waals surface area contributed by atoms with Crippen LogP contribution in [0.5, 0.6) is 0 Å². The number of carbonyl (C=O) groups excluding carboxylic acids is 2. The highest BCUT2D eigenvalue weighted by Gasteiger charge is 2.26. The highest BCUT2D eigenvalue weighted by Crippen LogP contribution is 2.16. The quantitative estimate of drug-likeness (QED) is 0.604. The molecule has 0 saturated carbocycles. The van der Waals surface area contributed by atoms with Crippen LogP contribution < -0.4 is 16.8 Å². The van der Waals surface area contributed by atoms with Crippen LogP contribution in [-0.2, 0) is 0 Å². The van der Waals surface area contributed by atoms with Crippen molar-refractivity contribution in [3.63, 3.8) is 0 Å². The van der Waals surface area contributed by atoms with E-state index in [-0.39, 0.29) is 11.5 Å². The summed E-state index contributed by atoms with van der Waals surface area (Å²) in [6.07, 6.45) is 2.19. The number of aromatic amines is 1. The van der Waals surface area contributed by atoms with E-state index in [1.54, 1.807) is 0 Å². The summed E-state index contributed by atoms with van der Waals surface area (Å²) in [5, 5.41) is 2.90. The number of nitrogens with one attached hydrogen (secondary N) is 2. The Morgan fingerprint density at radius 3 is 2.53 bits per heavy atom. The summed E-state index contributed by atoms with van der Waals surface area (Å²) in [4.78, 5) is 25.8. The van der Waals surface area contributed by atoms with Gasteiger partial charge < -0.3 is 21.8 Å². The molecule has 6 nitrogen and oxygen atoms in total. The molecule has 0 aliphatic carbocycles. The monoisotopic (exact) mass is 266 g/mol. The molecule has 6 N–H and O–H groups in total. The Labute approximate surface area is 112 Å². The second-order valence-electron chi connectivity index (χ2n) is 5.48. The molecule has 0 radical (unpaired) electrons. The van der Waals surface area contributed by atoms with Crippen molar-refractivity contribution in [3.05, 3.63) is 23.5 Å². The SMILES string of the molecule is CC(C)CC(C)(CN)NC(=O)c1cc(C(N)=O)c[nH]1. The molecule has 6 heteroatoms. The maximum Gasteiger partial charge on any atom is 0.268 e. The maximum absolute atomic E-state index is 12.1. The third kappa shape index (κ3) is 4.10. The van der Waals surface area contributed by atoms with Crippen LogP contribution in [0.2, 0.25) is 0 Å². The van der Waals surface area contributed by atoms with Crippen LogP contribution in [0.25, 0.3) is 0 Å². The molecule has 0 spiro atoms. The summed E-state index contributed by atoms with van der Waals surface area (Å²) in [6.45, 7) is 6.39. The summed E-state index contributed by atoms with van der Waals surface area (Å²) >= 11 is 0. The van der Waals surface area contributed by atoms with Gasteiger partial charge in [-0.25, -0.2) is 0 Å². The molecule has 19 heavy (non-hydrogen) atoms. The fourth-order valence-electron chi connectivity index (χ4n) is 2.10. The van der Waals surface area contributed by atoms with Crippen molar-refractivity contribution in [2.75, 3.05) is 6.54 Å². The average molecular weight is 266 g/mol. The van der Waals surface area contributed by atoms with Gasteiger partial charge in [-0.05, 0) is 25.3 Å². The van der Waals surface area contributed by atoms with Crippen LogP contribution in [0.3, 0.4) is 0 Å². The Morgan fingerprint density at radius 2 is 2.11 bits per heavy atom.